The number of halogens is 2. The van der Waals surface area contributed by atoms with Crippen LogP contribution in [0.4, 0.5) is 9.18 Å². The van der Waals surface area contributed by atoms with Gasteiger partial charge in [-0.15, -0.1) is 0 Å². The van der Waals surface area contributed by atoms with Crippen molar-refractivity contribution in [3.8, 4) is 0 Å². The number of alkyl carbamates (subject to hydrolysis) is 1. The van der Waals surface area contributed by atoms with Gasteiger partial charge in [-0.3, -0.25) is 0 Å². The predicted octanol–water partition coefficient (Wildman–Crippen LogP) is 2.87. The third kappa shape index (κ3) is 5.75. The lowest BCUT2D eigenvalue weighted by atomic mass is 10.1. The van der Waals surface area contributed by atoms with Gasteiger partial charge in [0.25, 0.3) is 0 Å². The fraction of sp³-hybridized carbons (Fsp3) is 0.500. The van der Waals surface area contributed by atoms with Crippen LogP contribution in [0.1, 0.15) is 26.3 Å². The molecule has 112 valence electrons. The Morgan fingerprint density at radius 3 is 2.75 bits per heavy atom. The summed E-state index contributed by atoms with van der Waals surface area (Å²) in [6.07, 6.45) is -0.162. The summed E-state index contributed by atoms with van der Waals surface area (Å²) in [5, 5.41) is 2.64. The van der Waals surface area contributed by atoms with Gasteiger partial charge < -0.3 is 15.8 Å². The third-order valence-corrected chi connectivity index (χ3v) is 2.84. The number of benzene rings is 1. The first-order valence-electron chi connectivity index (χ1n) is 6.34. The molecule has 0 bridgehead atoms. The molecule has 20 heavy (non-hydrogen) atoms. The van der Waals surface area contributed by atoms with Crippen molar-refractivity contribution in [3.63, 3.8) is 0 Å². The Morgan fingerprint density at radius 2 is 2.15 bits per heavy atom. The molecule has 1 unspecified atom stereocenters. The van der Waals surface area contributed by atoms with Crippen LogP contribution in [0.3, 0.4) is 0 Å². The molecule has 1 atom stereocenters. The number of carbonyl (C=O) groups excluding carboxylic acids is 1. The van der Waals surface area contributed by atoms with Crippen LogP contribution >= 0.6 is 11.6 Å². The molecule has 0 saturated heterocycles. The summed E-state index contributed by atoms with van der Waals surface area (Å²) >= 11 is 5.84. The van der Waals surface area contributed by atoms with Crippen LogP contribution in [0.2, 0.25) is 5.02 Å². The van der Waals surface area contributed by atoms with Gasteiger partial charge in [0.2, 0.25) is 0 Å². The highest BCUT2D eigenvalue weighted by Crippen LogP contribution is 2.20. The smallest absolute Gasteiger partial charge is 0.407 e. The highest BCUT2D eigenvalue weighted by atomic mass is 35.5. The van der Waals surface area contributed by atoms with E-state index in [1.54, 1.807) is 32.9 Å². The van der Waals surface area contributed by atoms with E-state index in [0.717, 1.165) is 0 Å². The first kappa shape index (κ1) is 16.7. The molecule has 6 heteroatoms. The molecule has 1 amide bonds. The van der Waals surface area contributed by atoms with Gasteiger partial charge in [-0.1, -0.05) is 23.7 Å². The zero-order valence-electron chi connectivity index (χ0n) is 11.9. The van der Waals surface area contributed by atoms with E-state index in [-0.39, 0.29) is 17.6 Å². The molecular formula is C14H20ClFN2O2. The minimum atomic E-state index is -0.556. The number of hydrogen-bond acceptors (Lipinski definition) is 3. The topological polar surface area (TPSA) is 64.3 Å². The van der Waals surface area contributed by atoms with Crippen molar-refractivity contribution in [1.29, 1.82) is 0 Å². The van der Waals surface area contributed by atoms with Crippen molar-refractivity contribution < 1.29 is 13.9 Å². The average molecular weight is 303 g/mol. The molecule has 3 N–H and O–H groups in total. The van der Waals surface area contributed by atoms with Crippen molar-refractivity contribution in [2.75, 3.05) is 6.54 Å². The Balaban J connectivity index is 2.46. The number of nitrogens with two attached hydrogens (primary N) is 1. The first-order valence-corrected chi connectivity index (χ1v) is 6.72. The van der Waals surface area contributed by atoms with Gasteiger partial charge in [0.1, 0.15) is 11.4 Å². The molecule has 0 fully saturated rings. The molecule has 0 spiro atoms. The summed E-state index contributed by atoms with van der Waals surface area (Å²) < 4.78 is 18.4. The fourth-order valence-corrected chi connectivity index (χ4v) is 1.79. The molecule has 0 heterocycles. The van der Waals surface area contributed by atoms with Crippen LogP contribution in [0.15, 0.2) is 18.2 Å². The second-order valence-corrected chi connectivity index (χ2v) is 5.94. The van der Waals surface area contributed by atoms with Crippen LogP contribution in [0.5, 0.6) is 0 Å². The Hall–Kier alpha value is -1.33. The number of hydrogen-bond donors (Lipinski definition) is 2. The summed E-state index contributed by atoms with van der Waals surface area (Å²) in [6, 6.07) is 4.20. The summed E-state index contributed by atoms with van der Waals surface area (Å²) in [5.74, 6) is -0.475. The van der Waals surface area contributed by atoms with Gasteiger partial charge in [-0.05, 0) is 38.8 Å². The van der Waals surface area contributed by atoms with Gasteiger partial charge in [-0.2, -0.15) is 0 Å². The van der Waals surface area contributed by atoms with Crippen molar-refractivity contribution in [1.82, 2.24) is 5.32 Å². The maximum atomic E-state index is 13.3. The van der Waals surface area contributed by atoms with Crippen LogP contribution in [0.25, 0.3) is 0 Å². The zero-order valence-corrected chi connectivity index (χ0v) is 12.6. The second kappa shape index (κ2) is 6.90. The van der Waals surface area contributed by atoms with Crippen molar-refractivity contribution >= 4 is 17.7 Å². The molecule has 1 aromatic rings. The van der Waals surface area contributed by atoms with Gasteiger partial charge in [0.15, 0.2) is 0 Å². The van der Waals surface area contributed by atoms with Crippen LogP contribution in [0, 0.1) is 5.82 Å². The quantitative estimate of drug-likeness (QED) is 0.899. The number of ether oxygens (including phenoxy) is 1. The van der Waals surface area contributed by atoms with Crippen molar-refractivity contribution in [2.24, 2.45) is 5.73 Å². The lowest BCUT2D eigenvalue weighted by Gasteiger charge is -2.21. The molecule has 0 aromatic heterocycles. The maximum absolute atomic E-state index is 13.3. The van der Waals surface area contributed by atoms with Crippen LogP contribution < -0.4 is 11.1 Å². The summed E-state index contributed by atoms with van der Waals surface area (Å²) in [4.78, 5) is 11.5. The van der Waals surface area contributed by atoms with Crippen molar-refractivity contribution in [3.05, 3.63) is 34.6 Å². The highest BCUT2D eigenvalue weighted by molar-refractivity contribution is 6.31. The van der Waals surface area contributed by atoms with Gasteiger partial charge in [-0.25, -0.2) is 9.18 Å². The third-order valence-electron chi connectivity index (χ3n) is 2.42. The summed E-state index contributed by atoms with van der Waals surface area (Å²) in [5.41, 5.74) is 5.95. The van der Waals surface area contributed by atoms with E-state index >= 15 is 0 Å². The minimum Gasteiger partial charge on any atom is -0.444 e. The molecule has 0 saturated carbocycles. The standard InChI is InChI=1S/C14H20ClFN2O2/c1-14(2,3)20-13(19)18-8-10(17)7-9-5-4-6-11(16)12(9)15/h4-6,10H,7-8,17H2,1-3H3,(H,18,19). The lowest BCUT2D eigenvalue weighted by molar-refractivity contribution is 0.0524. The van der Waals surface area contributed by atoms with Gasteiger partial charge in [0, 0.05) is 12.6 Å². The van der Waals surface area contributed by atoms with Crippen LogP contribution in [-0.2, 0) is 11.2 Å². The normalized spacial score (nSPS) is 12.9. The Morgan fingerprint density at radius 1 is 1.50 bits per heavy atom. The molecule has 0 aliphatic carbocycles. The molecule has 1 aromatic carbocycles. The molecular weight excluding hydrogens is 283 g/mol. The monoisotopic (exact) mass is 302 g/mol. The van der Waals surface area contributed by atoms with E-state index in [9.17, 15) is 9.18 Å². The van der Waals surface area contributed by atoms with E-state index in [4.69, 9.17) is 22.1 Å². The second-order valence-electron chi connectivity index (χ2n) is 5.56. The van der Waals surface area contributed by atoms with E-state index in [1.165, 1.54) is 6.07 Å². The molecule has 1 rings (SSSR count). The van der Waals surface area contributed by atoms with E-state index in [0.29, 0.717) is 12.0 Å². The number of rotatable bonds is 4. The summed E-state index contributed by atoms with van der Waals surface area (Å²) in [7, 11) is 0. The Kier molecular flexibility index (Phi) is 5.77. The van der Waals surface area contributed by atoms with E-state index in [2.05, 4.69) is 5.32 Å². The van der Waals surface area contributed by atoms with Gasteiger partial charge in [0.05, 0.1) is 5.02 Å². The largest absolute Gasteiger partial charge is 0.444 e. The van der Waals surface area contributed by atoms with Gasteiger partial charge >= 0.3 is 6.09 Å². The highest BCUT2D eigenvalue weighted by Gasteiger charge is 2.17. The fourth-order valence-electron chi connectivity index (χ4n) is 1.59. The molecule has 4 nitrogen and oxygen atoms in total. The number of nitrogens with one attached hydrogen (secondary N) is 1. The molecule has 0 radical (unpaired) electrons. The SMILES string of the molecule is CC(C)(C)OC(=O)NCC(N)Cc1cccc(F)c1Cl. The Labute approximate surface area is 123 Å². The predicted molar refractivity (Wildman–Crippen MR) is 77.3 cm³/mol. The summed E-state index contributed by atoms with van der Waals surface area (Å²) in [6.45, 7) is 5.55. The lowest BCUT2D eigenvalue weighted by Crippen LogP contribution is -2.41. The Bertz CT molecular complexity index is 475. The first-order chi connectivity index (χ1) is 9.19. The number of amides is 1. The zero-order chi connectivity index (χ0) is 15.3. The molecule has 0 aliphatic rings. The van der Waals surface area contributed by atoms with E-state index < -0.39 is 17.5 Å². The minimum absolute atomic E-state index is 0.0696. The number of carbonyl (C=O) groups is 1. The molecule has 0 aliphatic heterocycles. The van der Waals surface area contributed by atoms with Crippen LogP contribution in [-0.4, -0.2) is 24.3 Å². The van der Waals surface area contributed by atoms with E-state index in [1.807, 2.05) is 0 Å². The average Bonchev–Trinajstić information content (AvgIpc) is 2.30. The maximum Gasteiger partial charge on any atom is 0.407 e. The van der Waals surface area contributed by atoms with Crippen molar-refractivity contribution in [2.45, 2.75) is 38.8 Å².